The van der Waals surface area contributed by atoms with Crippen LogP contribution in [0.2, 0.25) is 0 Å². The quantitative estimate of drug-likeness (QED) is 0.768. The van der Waals surface area contributed by atoms with Crippen LogP contribution < -0.4 is 9.62 Å². The Kier molecular flexibility index (Phi) is 6.74. The van der Waals surface area contributed by atoms with E-state index in [1.54, 1.807) is 0 Å². The number of anilines is 1. The molecule has 140 valence electrons. The minimum absolute atomic E-state index is 0.114. The van der Waals surface area contributed by atoms with E-state index < -0.39 is 28.3 Å². The molecule has 0 saturated heterocycles. The van der Waals surface area contributed by atoms with Gasteiger partial charge in [-0.1, -0.05) is 36.4 Å². The number of benzene rings is 2. The Bertz CT molecular complexity index is 841. The first-order valence-corrected chi connectivity index (χ1v) is 10.2. The fourth-order valence-electron chi connectivity index (χ4n) is 2.58. The maximum absolute atomic E-state index is 13.4. The van der Waals surface area contributed by atoms with Crippen molar-refractivity contribution < 1.29 is 17.6 Å². The van der Waals surface area contributed by atoms with Gasteiger partial charge in [-0.15, -0.1) is 0 Å². The van der Waals surface area contributed by atoms with Crippen LogP contribution in [0.4, 0.5) is 10.1 Å². The number of aryl methyl sites for hydroxylation is 1. The number of hydrogen-bond acceptors (Lipinski definition) is 3. The third kappa shape index (κ3) is 6.15. The second kappa shape index (κ2) is 8.80. The number of halogens is 1. The highest BCUT2D eigenvalue weighted by Crippen LogP contribution is 2.18. The van der Waals surface area contributed by atoms with Crippen LogP contribution in [-0.2, 0) is 21.2 Å². The minimum atomic E-state index is -3.72. The lowest BCUT2D eigenvalue weighted by Gasteiger charge is -2.23. The van der Waals surface area contributed by atoms with E-state index in [4.69, 9.17) is 0 Å². The van der Waals surface area contributed by atoms with E-state index in [1.165, 1.54) is 23.8 Å². The number of carbonyl (C=O) groups excluding carboxylic acids is 1. The van der Waals surface area contributed by atoms with Crippen molar-refractivity contribution in [2.75, 3.05) is 17.1 Å². The van der Waals surface area contributed by atoms with E-state index in [1.807, 2.05) is 37.3 Å². The van der Waals surface area contributed by atoms with Crippen LogP contribution in [0.1, 0.15) is 18.9 Å². The standard InChI is InChI=1S/C19H23FN2O3S/c1-15(11-12-16-7-4-3-5-8-16)21-19(23)14-22(26(2,24)25)18-10-6-9-17(20)13-18/h3-10,13,15H,11-12,14H2,1-2H3,(H,21,23)/t15-/m1/s1. The predicted molar refractivity (Wildman–Crippen MR) is 101 cm³/mol. The van der Waals surface area contributed by atoms with Crippen molar-refractivity contribution in [3.63, 3.8) is 0 Å². The van der Waals surface area contributed by atoms with Crippen molar-refractivity contribution in [2.24, 2.45) is 0 Å². The van der Waals surface area contributed by atoms with Crippen LogP contribution in [0.15, 0.2) is 54.6 Å². The number of sulfonamides is 1. The summed E-state index contributed by atoms with van der Waals surface area (Å²) in [5.74, 6) is -0.993. The second-order valence-corrected chi connectivity index (χ2v) is 8.15. The molecule has 2 aromatic rings. The van der Waals surface area contributed by atoms with Gasteiger partial charge >= 0.3 is 0 Å². The number of hydrogen-bond donors (Lipinski definition) is 1. The molecule has 2 rings (SSSR count). The molecule has 5 nitrogen and oxygen atoms in total. The highest BCUT2D eigenvalue weighted by Gasteiger charge is 2.21. The SMILES string of the molecule is C[C@H](CCc1ccccc1)NC(=O)CN(c1cccc(F)c1)S(C)(=O)=O. The normalized spacial score (nSPS) is 12.4. The summed E-state index contributed by atoms with van der Waals surface area (Å²) in [4.78, 5) is 12.3. The van der Waals surface area contributed by atoms with Gasteiger partial charge < -0.3 is 5.32 Å². The lowest BCUT2D eigenvalue weighted by Crippen LogP contribution is -2.43. The molecular weight excluding hydrogens is 355 g/mol. The molecule has 0 fully saturated rings. The summed E-state index contributed by atoms with van der Waals surface area (Å²) in [6, 6.07) is 15.0. The number of rotatable bonds is 8. The fourth-order valence-corrected chi connectivity index (χ4v) is 3.43. The molecule has 7 heteroatoms. The molecule has 0 aromatic heterocycles. The van der Waals surface area contributed by atoms with Crippen LogP contribution >= 0.6 is 0 Å². The molecule has 0 spiro atoms. The lowest BCUT2D eigenvalue weighted by atomic mass is 10.1. The summed E-state index contributed by atoms with van der Waals surface area (Å²) < 4.78 is 38.3. The molecule has 0 heterocycles. The monoisotopic (exact) mass is 378 g/mol. The highest BCUT2D eigenvalue weighted by atomic mass is 32.2. The molecule has 2 aromatic carbocycles. The van der Waals surface area contributed by atoms with Gasteiger partial charge in [0.15, 0.2) is 0 Å². The molecule has 1 atom stereocenters. The molecule has 0 unspecified atom stereocenters. The van der Waals surface area contributed by atoms with Gasteiger partial charge in [-0.3, -0.25) is 9.10 Å². The van der Waals surface area contributed by atoms with Crippen molar-refractivity contribution in [3.8, 4) is 0 Å². The molecule has 0 saturated carbocycles. The molecule has 1 N–H and O–H groups in total. The second-order valence-electron chi connectivity index (χ2n) is 6.24. The Morgan fingerprint density at radius 2 is 1.85 bits per heavy atom. The third-order valence-corrected chi connectivity index (χ3v) is 5.04. The number of nitrogens with zero attached hydrogens (tertiary/aromatic N) is 1. The molecular formula is C19H23FN2O3S. The molecule has 0 aliphatic rings. The molecule has 0 radical (unpaired) electrons. The van der Waals surface area contributed by atoms with Gasteiger partial charge in [0.2, 0.25) is 15.9 Å². The van der Waals surface area contributed by atoms with Crippen molar-refractivity contribution in [1.29, 1.82) is 0 Å². The van der Waals surface area contributed by atoms with E-state index in [2.05, 4.69) is 5.32 Å². The highest BCUT2D eigenvalue weighted by molar-refractivity contribution is 7.92. The van der Waals surface area contributed by atoms with Gasteiger partial charge in [0.1, 0.15) is 12.4 Å². The van der Waals surface area contributed by atoms with Gasteiger partial charge in [-0.05, 0) is 43.5 Å². The number of carbonyl (C=O) groups is 1. The van der Waals surface area contributed by atoms with Gasteiger partial charge in [0.05, 0.1) is 11.9 Å². The molecule has 0 aliphatic carbocycles. The zero-order valence-corrected chi connectivity index (χ0v) is 15.7. The molecule has 26 heavy (non-hydrogen) atoms. The maximum Gasteiger partial charge on any atom is 0.240 e. The summed E-state index contributed by atoms with van der Waals surface area (Å²) in [5.41, 5.74) is 1.30. The molecule has 0 aliphatic heterocycles. The summed E-state index contributed by atoms with van der Waals surface area (Å²) >= 11 is 0. The maximum atomic E-state index is 13.4. The summed E-state index contributed by atoms with van der Waals surface area (Å²) in [5, 5.41) is 2.80. The van der Waals surface area contributed by atoms with Crippen LogP contribution in [-0.4, -0.2) is 33.2 Å². The van der Waals surface area contributed by atoms with Crippen molar-refractivity contribution in [1.82, 2.24) is 5.32 Å². The van der Waals surface area contributed by atoms with Crippen molar-refractivity contribution in [2.45, 2.75) is 25.8 Å². The van der Waals surface area contributed by atoms with Gasteiger partial charge in [0.25, 0.3) is 0 Å². The zero-order valence-electron chi connectivity index (χ0n) is 14.9. The average molecular weight is 378 g/mol. The Morgan fingerprint density at radius 3 is 2.46 bits per heavy atom. The van der Waals surface area contributed by atoms with Gasteiger partial charge in [-0.25, -0.2) is 12.8 Å². The van der Waals surface area contributed by atoms with Gasteiger partial charge in [-0.2, -0.15) is 0 Å². The summed E-state index contributed by atoms with van der Waals surface area (Å²) in [7, 11) is -3.72. The van der Waals surface area contributed by atoms with Crippen LogP contribution in [0.3, 0.4) is 0 Å². The Balaban J connectivity index is 1.96. The first-order valence-electron chi connectivity index (χ1n) is 8.32. The average Bonchev–Trinajstić information content (AvgIpc) is 2.58. The van der Waals surface area contributed by atoms with E-state index in [9.17, 15) is 17.6 Å². The number of amides is 1. The van der Waals surface area contributed by atoms with Crippen molar-refractivity contribution in [3.05, 3.63) is 66.0 Å². The molecule has 0 bridgehead atoms. The topological polar surface area (TPSA) is 66.5 Å². The largest absolute Gasteiger partial charge is 0.352 e. The zero-order chi connectivity index (χ0) is 19.2. The fraction of sp³-hybridized carbons (Fsp3) is 0.316. The van der Waals surface area contributed by atoms with Crippen LogP contribution in [0.25, 0.3) is 0 Å². The Hall–Kier alpha value is -2.41. The number of nitrogens with one attached hydrogen (secondary N) is 1. The van der Waals surface area contributed by atoms with E-state index in [0.29, 0.717) is 0 Å². The van der Waals surface area contributed by atoms with Crippen molar-refractivity contribution >= 4 is 21.6 Å². The van der Waals surface area contributed by atoms with Crippen LogP contribution in [0.5, 0.6) is 0 Å². The van der Waals surface area contributed by atoms with E-state index in [0.717, 1.165) is 29.5 Å². The minimum Gasteiger partial charge on any atom is -0.352 e. The molecule has 1 amide bonds. The Morgan fingerprint density at radius 1 is 1.15 bits per heavy atom. The smallest absolute Gasteiger partial charge is 0.240 e. The summed E-state index contributed by atoms with van der Waals surface area (Å²) in [6.45, 7) is 1.48. The predicted octanol–water partition coefficient (Wildman–Crippen LogP) is 2.73. The summed E-state index contributed by atoms with van der Waals surface area (Å²) in [6.07, 6.45) is 2.53. The van der Waals surface area contributed by atoms with E-state index in [-0.39, 0.29) is 11.7 Å². The van der Waals surface area contributed by atoms with Gasteiger partial charge in [0, 0.05) is 6.04 Å². The first-order chi connectivity index (χ1) is 12.3. The van der Waals surface area contributed by atoms with Crippen LogP contribution in [0, 0.1) is 5.82 Å². The third-order valence-electron chi connectivity index (χ3n) is 3.90. The van der Waals surface area contributed by atoms with E-state index >= 15 is 0 Å². The first kappa shape index (κ1) is 19.9. The lowest BCUT2D eigenvalue weighted by molar-refractivity contribution is -0.120. The Labute approximate surface area is 153 Å².